The van der Waals surface area contributed by atoms with Crippen molar-refractivity contribution in [1.29, 1.82) is 0 Å². The number of aryl methyl sites for hydroxylation is 1. The minimum Gasteiger partial charge on any atom is -0.267 e. The molecule has 8 heteroatoms. The predicted octanol–water partition coefficient (Wildman–Crippen LogP) is 3.00. The molecule has 0 unspecified atom stereocenters. The molecule has 0 bridgehead atoms. The Kier molecular flexibility index (Phi) is 4.83. The van der Waals surface area contributed by atoms with Crippen molar-refractivity contribution in [1.82, 2.24) is 15.2 Å². The Bertz CT molecular complexity index is 1060. The van der Waals surface area contributed by atoms with E-state index in [-0.39, 0.29) is 11.3 Å². The number of fused-ring (bicyclic) bond motifs is 1. The van der Waals surface area contributed by atoms with Crippen LogP contribution in [0.2, 0.25) is 10.0 Å². The zero-order valence-electron chi connectivity index (χ0n) is 13.0. The maximum absolute atomic E-state index is 12.4. The Hall–Kier alpha value is -2.70. The molecular weight excluding hydrogens is 363 g/mol. The molecule has 126 valence electrons. The van der Waals surface area contributed by atoms with E-state index in [0.717, 1.165) is 4.68 Å². The van der Waals surface area contributed by atoms with Crippen molar-refractivity contribution in [2.45, 2.75) is 0 Å². The molecule has 1 N–H and O–H groups in total. The van der Waals surface area contributed by atoms with Gasteiger partial charge in [-0.3, -0.25) is 9.59 Å². The lowest BCUT2D eigenvalue weighted by Gasteiger charge is -2.06. The molecule has 25 heavy (non-hydrogen) atoms. The summed E-state index contributed by atoms with van der Waals surface area (Å²) in [5.41, 5.74) is 2.77. The molecule has 1 aromatic heterocycles. The van der Waals surface area contributed by atoms with Gasteiger partial charge in [0.25, 0.3) is 11.5 Å². The molecule has 6 nitrogen and oxygen atoms in total. The van der Waals surface area contributed by atoms with E-state index in [9.17, 15) is 9.59 Å². The molecule has 0 aliphatic heterocycles. The molecule has 3 aromatic rings. The SMILES string of the molecule is Cn1nc(C(=O)N/N=C\c2cccc(Cl)c2Cl)c2ccccc2c1=O. The van der Waals surface area contributed by atoms with Crippen molar-refractivity contribution in [3.63, 3.8) is 0 Å². The topological polar surface area (TPSA) is 76.3 Å². The molecule has 0 saturated carbocycles. The molecule has 3 rings (SSSR count). The highest BCUT2D eigenvalue weighted by molar-refractivity contribution is 6.43. The maximum atomic E-state index is 12.4. The third-order valence-electron chi connectivity index (χ3n) is 3.52. The lowest BCUT2D eigenvalue weighted by Crippen LogP contribution is -2.27. The van der Waals surface area contributed by atoms with Gasteiger partial charge in [0, 0.05) is 18.0 Å². The number of nitrogens with zero attached hydrogens (tertiary/aromatic N) is 3. The fourth-order valence-electron chi connectivity index (χ4n) is 2.30. The number of halogens is 2. The van der Waals surface area contributed by atoms with Crippen LogP contribution < -0.4 is 11.0 Å². The Labute approximate surface area is 152 Å². The molecule has 0 aliphatic rings. The summed E-state index contributed by atoms with van der Waals surface area (Å²) in [6.07, 6.45) is 1.39. The van der Waals surface area contributed by atoms with Crippen LogP contribution in [0.1, 0.15) is 16.1 Å². The van der Waals surface area contributed by atoms with Crippen LogP contribution in [0.3, 0.4) is 0 Å². The molecule has 0 radical (unpaired) electrons. The third-order valence-corrected chi connectivity index (χ3v) is 4.36. The number of amides is 1. The number of hydrogen-bond donors (Lipinski definition) is 1. The summed E-state index contributed by atoms with van der Waals surface area (Å²) >= 11 is 12.0. The van der Waals surface area contributed by atoms with Gasteiger partial charge in [0.2, 0.25) is 0 Å². The van der Waals surface area contributed by atoms with Gasteiger partial charge in [-0.15, -0.1) is 0 Å². The van der Waals surface area contributed by atoms with Gasteiger partial charge >= 0.3 is 0 Å². The van der Waals surface area contributed by atoms with E-state index in [1.165, 1.54) is 13.3 Å². The third kappa shape index (κ3) is 3.40. The largest absolute Gasteiger partial charge is 0.292 e. The highest BCUT2D eigenvalue weighted by Gasteiger charge is 2.14. The summed E-state index contributed by atoms with van der Waals surface area (Å²) in [4.78, 5) is 24.5. The fourth-order valence-corrected chi connectivity index (χ4v) is 2.66. The summed E-state index contributed by atoms with van der Waals surface area (Å²) in [7, 11) is 1.49. The molecule has 0 spiro atoms. The van der Waals surface area contributed by atoms with E-state index >= 15 is 0 Å². The zero-order chi connectivity index (χ0) is 18.0. The molecule has 1 heterocycles. The van der Waals surface area contributed by atoms with Crippen LogP contribution >= 0.6 is 23.2 Å². The summed E-state index contributed by atoms with van der Waals surface area (Å²) in [6.45, 7) is 0. The van der Waals surface area contributed by atoms with E-state index in [1.54, 1.807) is 42.5 Å². The second-order valence-corrected chi connectivity index (χ2v) is 5.95. The van der Waals surface area contributed by atoms with Gasteiger partial charge in [-0.1, -0.05) is 53.5 Å². The highest BCUT2D eigenvalue weighted by Crippen LogP contribution is 2.24. The average Bonchev–Trinajstić information content (AvgIpc) is 2.61. The van der Waals surface area contributed by atoms with Gasteiger partial charge in [-0.2, -0.15) is 10.2 Å². The molecule has 1 amide bonds. The van der Waals surface area contributed by atoms with Gasteiger partial charge in [-0.05, 0) is 12.1 Å². The Balaban J connectivity index is 1.91. The van der Waals surface area contributed by atoms with Gasteiger partial charge in [-0.25, -0.2) is 10.1 Å². The molecular formula is C17H12Cl2N4O2. The average molecular weight is 375 g/mol. The second-order valence-electron chi connectivity index (χ2n) is 5.17. The normalized spacial score (nSPS) is 11.2. The maximum Gasteiger partial charge on any atom is 0.292 e. The first-order valence-electron chi connectivity index (χ1n) is 7.22. The van der Waals surface area contributed by atoms with Gasteiger partial charge in [0.15, 0.2) is 5.69 Å². The van der Waals surface area contributed by atoms with Crippen LogP contribution in [0.15, 0.2) is 52.4 Å². The number of aromatic nitrogens is 2. The Morgan fingerprint density at radius 2 is 1.88 bits per heavy atom. The predicted molar refractivity (Wildman–Crippen MR) is 98.5 cm³/mol. The second kappa shape index (κ2) is 7.04. The lowest BCUT2D eigenvalue weighted by atomic mass is 10.1. The first-order valence-corrected chi connectivity index (χ1v) is 7.98. The van der Waals surface area contributed by atoms with Gasteiger partial charge in [0.1, 0.15) is 0 Å². The van der Waals surface area contributed by atoms with Crippen LogP contribution in [0, 0.1) is 0 Å². The molecule has 0 atom stereocenters. The van der Waals surface area contributed by atoms with Crippen LogP contribution in [-0.4, -0.2) is 21.9 Å². The molecule has 0 fully saturated rings. The van der Waals surface area contributed by atoms with Crippen molar-refractivity contribution in [3.05, 3.63) is 74.1 Å². The zero-order valence-corrected chi connectivity index (χ0v) is 14.5. The number of carbonyl (C=O) groups is 1. The van der Waals surface area contributed by atoms with Crippen molar-refractivity contribution < 1.29 is 4.79 Å². The van der Waals surface area contributed by atoms with E-state index in [4.69, 9.17) is 23.2 Å². The summed E-state index contributed by atoms with van der Waals surface area (Å²) in [5, 5.41) is 9.51. The molecule has 0 aliphatic carbocycles. The molecule has 2 aromatic carbocycles. The summed E-state index contributed by atoms with van der Waals surface area (Å²) < 4.78 is 1.12. The van der Waals surface area contributed by atoms with Gasteiger partial charge < -0.3 is 0 Å². The van der Waals surface area contributed by atoms with E-state index in [2.05, 4.69) is 15.6 Å². The Morgan fingerprint density at radius 3 is 2.64 bits per heavy atom. The highest BCUT2D eigenvalue weighted by atomic mass is 35.5. The van der Waals surface area contributed by atoms with Crippen molar-refractivity contribution >= 4 is 46.1 Å². The standard InChI is InChI=1S/C17H12Cl2N4O2/c1-23-17(25)12-7-3-2-6-11(12)15(22-23)16(24)21-20-9-10-5-4-8-13(18)14(10)19/h2-9H,1H3,(H,21,24)/b20-9-. The number of hydrogen-bond acceptors (Lipinski definition) is 4. The number of benzene rings is 2. The van der Waals surface area contributed by atoms with Crippen LogP contribution in [0.25, 0.3) is 10.8 Å². The first-order chi connectivity index (χ1) is 12.0. The smallest absolute Gasteiger partial charge is 0.267 e. The lowest BCUT2D eigenvalue weighted by molar-refractivity contribution is 0.0950. The number of rotatable bonds is 3. The number of carbonyl (C=O) groups excluding carboxylic acids is 1. The van der Waals surface area contributed by atoms with Crippen LogP contribution in [-0.2, 0) is 7.05 Å². The van der Waals surface area contributed by atoms with Crippen molar-refractivity contribution in [3.8, 4) is 0 Å². The van der Waals surface area contributed by atoms with Gasteiger partial charge in [0.05, 0.1) is 21.6 Å². The van der Waals surface area contributed by atoms with E-state index < -0.39 is 5.91 Å². The fraction of sp³-hybridized carbons (Fsp3) is 0.0588. The van der Waals surface area contributed by atoms with Crippen LogP contribution in [0.5, 0.6) is 0 Å². The minimum absolute atomic E-state index is 0.104. The molecule has 0 saturated heterocycles. The summed E-state index contributed by atoms with van der Waals surface area (Å²) in [6, 6.07) is 11.9. The Morgan fingerprint density at radius 1 is 1.16 bits per heavy atom. The number of hydrazone groups is 1. The number of nitrogens with one attached hydrogen (secondary N) is 1. The monoisotopic (exact) mass is 374 g/mol. The van der Waals surface area contributed by atoms with Crippen molar-refractivity contribution in [2.75, 3.05) is 0 Å². The quantitative estimate of drug-likeness (QED) is 0.565. The van der Waals surface area contributed by atoms with E-state index in [1.807, 2.05) is 0 Å². The first kappa shape index (κ1) is 17.1. The minimum atomic E-state index is -0.541. The van der Waals surface area contributed by atoms with E-state index in [0.29, 0.717) is 26.4 Å². The van der Waals surface area contributed by atoms with Crippen molar-refractivity contribution in [2.24, 2.45) is 12.1 Å². The van der Waals surface area contributed by atoms with Crippen LogP contribution in [0.4, 0.5) is 0 Å². The summed E-state index contributed by atoms with van der Waals surface area (Å²) in [5.74, 6) is -0.541.